The number of aryl methyl sites for hydroxylation is 3. The molecule has 2 heterocycles. The Bertz CT molecular complexity index is 1460. The summed E-state index contributed by atoms with van der Waals surface area (Å²) < 4.78 is 7.50. The van der Waals surface area contributed by atoms with Crippen LogP contribution in [0.1, 0.15) is 69.0 Å². The average Bonchev–Trinajstić information content (AvgIpc) is 3.13. The van der Waals surface area contributed by atoms with Gasteiger partial charge in [0.25, 0.3) is 0 Å². The van der Waals surface area contributed by atoms with Gasteiger partial charge in [-0.2, -0.15) is 0 Å². The van der Waals surface area contributed by atoms with Gasteiger partial charge < -0.3 is 9.64 Å². The Kier molecular flexibility index (Phi) is 7.40. The highest BCUT2D eigenvalue weighted by Gasteiger charge is 2.38. The minimum atomic E-state index is -0.278. The summed E-state index contributed by atoms with van der Waals surface area (Å²) in [5.74, 6) is 1.23. The van der Waals surface area contributed by atoms with Crippen molar-refractivity contribution in [1.82, 2.24) is 9.88 Å². The number of nitrogens with zero attached hydrogens (tertiary/aromatic N) is 2. The van der Waals surface area contributed by atoms with Crippen LogP contribution >= 0.6 is 31.9 Å². The molecule has 3 aliphatic rings. The number of fused-ring (bicyclic) bond motifs is 3. The number of piperidine rings is 1. The van der Waals surface area contributed by atoms with E-state index >= 15 is 0 Å². The molecule has 7 heteroatoms. The molecule has 1 aromatic heterocycles. The normalized spacial score (nSPS) is 20.7. The zero-order valence-corrected chi connectivity index (χ0v) is 25.5. The molecule has 5 nitrogen and oxygen atoms in total. The molecule has 2 aliphatic carbocycles. The number of carbonyl (C=O) groups is 2. The molecule has 1 aliphatic heterocycles. The average molecular weight is 652 g/mol. The van der Waals surface area contributed by atoms with Crippen molar-refractivity contribution in [2.45, 2.75) is 51.4 Å². The Morgan fingerprint density at radius 3 is 2.59 bits per heavy atom. The number of carbonyl (C=O) groups excluding carboxylic acids is 2. The van der Waals surface area contributed by atoms with Crippen LogP contribution in [-0.4, -0.2) is 41.8 Å². The van der Waals surface area contributed by atoms with E-state index in [1.54, 1.807) is 7.11 Å². The number of ether oxygens (including phenoxy) is 1. The number of rotatable bonds is 4. The lowest BCUT2D eigenvalue weighted by atomic mass is 9.76. The molecular weight excluding hydrogens is 620 g/mol. The molecule has 0 bridgehead atoms. The maximum absolute atomic E-state index is 13.4. The maximum Gasteiger partial charge on any atom is 0.223 e. The molecule has 6 rings (SSSR count). The van der Waals surface area contributed by atoms with E-state index in [9.17, 15) is 9.59 Å². The van der Waals surface area contributed by atoms with E-state index in [0.29, 0.717) is 25.4 Å². The van der Waals surface area contributed by atoms with Gasteiger partial charge in [0.1, 0.15) is 5.75 Å². The van der Waals surface area contributed by atoms with Crippen molar-refractivity contribution in [3.05, 3.63) is 90.6 Å². The second-order valence-electron chi connectivity index (χ2n) is 11.2. The number of methoxy groups -OCH3 is 1. The zero-order chi connectivity index (χ0) is 27.3. The number of ketones is 1. The first-order valence-corrected chi connectivity index (χ1v) is 15.3. The predicted octanol–water partition coefficient (Wildman–Crippen LogP) is 6.84. The molecule has 1 fully saturated rings. The zero-order valence-electron chi connectivity index (χ0n) is 22.3. The van der Waals surface area contributed by atoms with E-state index in [1.165, 1.54) is 27.9 Å². The molecule has 0 radical (unpaired) electrons. The van der Waals surface area contributed by atoms with E-state index in [-0.39, 0.29) is 29.9 Å². The third-order valence-electron chi connectivity index (χ3n) is 8.80. The van der Waals surface area contributed by atoms with E-state index < -0.39 is 0 Å². The third-order valence-corrected chi connectivity index (χ3v) is 9.89. The minimum absolute atomic E-state index is 0.0833. The van der Waals surface area contributed by atoms with Gasteiger partial charge in [0.2, 0.25) is 5.91 Å². The first-order chi connectivity index (χ1) is 18.8. The van der Waals surface area contributed by atoms with Crippen LogP contribution in [0.4, 0.5) is 0 Å². The number of hydrogen-bond acceptors (Lipinski definition) is 4. The van der Waals surface area contributed by atoms with E-state index in [4.69, 9.17) is 9.72 Å². The van der Waals surface area contributed by atoms with E-state index in [1.807, 2.05) is 29.3 Å². The quantitative estimate of drug-likeness (QED) is 0.310. The predicted molar refractivity (Wildman–Crippen MR) is 159 cm³/mol. The Morgan fingerprint density at radius 2 is 1.82 bits per heavy atom. The van der Waals surface area contributed by atoms with Gasteiger partial charge in [-0.25, -0.2) is 0 Å². The van der Waals surface area contributed by atoms with Crippen molar-refractivity contribution in [2.75, 3.05) is 20.2 Å². The van der Waals surface area contributed by atoms with Crippen LogP contribution in [0.15, 0.2) is 51.5 Å². The smallest absolute Gasteiger partial charge is 0.223 e. The van der Waals surface area contributed by atoms with Gasteiger partial charge in [0.15, 0.2) is 5.78 Å². The second-order valence-corrected chi connectivity index (χ2v) is 13.0. The van der Waals surface area contributed by atoms with Gasteiger partial charge in [0, 0.05) is 52.1 Å². The van der Waals surface area contributed by atoms with Gasteiger partial charge in [-0.05, 0) is 119 Å². The van der Waals surface area contributed by atoms with E-state index in [0.717, 1.165) is 51.5 Å². The van der Waals surface area contributed by atoms with Crippen LogP contribution in [0, 0.1) is 18.8 Å². The Morgan fingerprint density at radius 1 is 1.05 bits per heavy atom. The van der Waals surface area contributed by atoms with Gasteiger partial charge in [-0.3, -0.25) is 14.6 Å². The van der Waals surface area contributed by atoms with Crippen molar-refractivity contribution < 1.29 is 14.3 Å². The van der Waals surface area contributed by atoms with Crippen LogP contribution in [0.5, 0.6) is 5.75 Å². The van der Waals surface area contributed by atoms with Crippen LogP contribution in [0.2, 0.25) is 0 Å². The standard InChI is InChI=1S/C32H32Br2N2O3/c1-18-11-20-3-4-21-14-24(33)17-35-31(21)30(29(20)27(34)12-18)19-7-9-36(10-8-19)28(37)16-23-13-22-15-25(39-2)5-6-26(22)32(23)38/h5-6,11-12,14-15,17,19,23,30H,3-4,7-10,13,16H2,1-2H3/t23?,30-/m1/s1. The summed E-state index contributed by atoms with van der Waals surface area (Å²) in [4.78, 5) is 33.3. The summed E-state index contributed by atoms with van der Waals surface area (Å²) in [5, 5.41) is 0. The monoisotopic (exact) mass is 650 g/mol. The van der Waals surface area contributed by atoms with Crippen molar-refractivity contribution in [1.29, 1.82) is 0 Å². The topological polar surface area (TPSA) is 59.5 Å². The number of hydrogen-bond donors (Lipinski definition) is 0. The summed E-state index contributed by atoms with van der Waals surface area (Å²) in [6, 6.07) is 12.4. The highest BCUT2D eigenvalue weighted by molar-refractivity contribution is 9.10. The SMILES string of the molecule is COc1ccc2c(c1)CC(CC(=O)N1CCC([C@H]3c4ncc(Br)cc4CCc4cc(C)cc(Br)c43)CC1)C2=O. The van der Waals surface area contributed by atoms with E-state index in [2.05, 4.69) is 57.0 Å². The van der Waals surface area contributed by atoms with Gasteiger partial charge in [-0.15, -0.1) is 0 Å². The van der Waals surface area contributed by atoms with Crippen molar-refractivity contribution >= 4 is 43.6 Å². The van der Waals surface area contributed by atoms with Crippen molar-refractivity contribution in [2.24, 2.45) is 11.8 Å². The maximum atomic E-state index is 13.4. The third kappa shape index (κ3) is 5.08. The van der Waals surface area contributed by atoms with Crippen molar-refractivity contribution in [3.63, 3.8) is 0 Å². The molecule has 1 saturated heterocycles. The van der Waals surface area contributed by atoms with Crippen LogP contribution in [0.25, 0.3) is 0 Å². The van der Waals surface area contributed by atoms with Crippen LogP contribution in [0.3, 0.4) is 0 Å². The molecule has 0 saturated carbocycles. The number of amides is 1. The lowest BCUT2D eigenvalue weighted by Crippen LogP contribution is -2.41. The van der Waals surface area contributed by atoms with Crippen molar-refractivity contribution in [3.8, 4) is 5.75 Å². The highest BCUT2D eigenvalue weighted by Crippen LogP contribution is 2.46. The largest absolute Gasteiger partial charge is 0.497 e. The van der Waals surface area contributed by atoms with Gasteiger partial charge in [0.05, 0.1) is 12.8 Å². The number of likely N-dealkylation sites (tertiary alicyclic amines) is 1. The molecule has 202 valence electrons. The highest BCUT2D eigenvalue weighted by atomic mass is 79.9. The van der Waals surface area contributed by atoms with Gasteiger partial charge in [-0.1, -0.05) is 22.0 Å². The number of halogens is 2. The van der Waals surface area contributed by atoms with Crippen LogP contribution in [-0.2, 0) is 24.1 Å². The van der Waals surface area contributed by atoms with Gasteiger partial charge >= 0.3 is 0 Å². The molecule has 0 N–H and O–H groups in total. The molecule has 2 atom stereocenters. The summed E-state index contributed by atoms with van der Waals surface area (Å²) >= 11 is 7.54. The minimum Gasteiger partial charge on any atom is -0.497 e. The Balaban J connectivity index is 1.19. The summed E-state index contributed by atoms with van der Waals surface area (Å²) in [6.45, 7) is 3.58. The molecule has 1 amide bonds. The first kappa shape index (κ1) is 26.7. The summed E-state index contributed by atoms with van der Waals surface area (Å²) in [6.07, 6.45) is 6.62. The molecule has 3 aromatic rings. The summed E-state index contributed by atoms with van der Waals surface area (Å²) in [7, 11) is 1.63. The summed E-state index contributed by atoms with van der Waals surface area (Å²) in [5.41, 5.74) is 8.24. The molecular formula is C32H32Br2N2O3. The lowest BCUT2D eigenvalue weighted by Gasteiger charge is -2.37. The molecule has 2 aromatic carbocycles. The number of pyridine rings is 1. The fraction of sp³-hybridized carbons (Fsp3) is 0.406. The number of Topliss-reactive ketones (excluding diaryl/α,β-unsaturated/α-hetero) is 1. The number of benzene rings is 2. The second kappa shape index (κ2) is 10.8. The Hall–Kier alpha value is -2.51. The molecule has 39 heavy (non-hydrogen) atoms. The fourth-order valence-electron chi connectivity index (χ4n) is 6.89. The Labute approximate surface area is 246 Å². The lowest BCUT2D eigenvalue weighted by molar-refractivity contribution is -0.133. The number of aromatic nitrogens is 1. The van der Waals surface area contributed by atoms with Crippen LogP contribution < -0.4 is 4.74 Å². The fourth-order valence-corrected chi connectivity index (χ4v) is 8.13. The molecule has 1 unspecified atom stereocenters. The molecule has 0 spiro atoms. The first-order valence-electron chi connectivity index (χ1n) is 13.7.